The van der Waals surface area contributed by atoms with Crippen LogP contribution in [0.15, 0.2) is 24.4 Å². The van der Waals surface area contributed by atoms with Crippen LogP contribution >= 0.6 is 11.6 Å². The number of benzene rings is 1. The van der Waals surface area contributed by atoms with E-state index in [-0.39, 0.29) is 5.41 Å². The molecule has 10 nitrogen and oxygen atoms in total. The van der Waals surface area contributed by atoms with Crippen LogP contribution in [0.25, 0.3) is 5.69 Å². The number of piperidine rings is 2. The van der Waals surface area contributed by atoms with Crippen LogP contribution in [0.4, 0.5) is 17.5 Å². The summed E-state index contributed by atoms with van der Waals surface area (Å²) in [6, 6.07) is 7.82. The lowest BCUT2D eigenvalue weighted by Gasteiger charge is -2.44. The number of rotatable bonds is 7. The van der Waals surface area contributed by atoms with Crippen LogP contribution < -0.4 is 10.6 Å². The first-order valence-electron chi connectivity index (χ1n) is 13.2. The van der Waals surface area contributed by atoms with Gasteiger partial charge in [0.05, 0.1) is 16.9 Å². The summed E-state index contributed by atoms with van der Waals surface area (Å²) in [6.07, 6.45) is 11.4. The summed E-state index contributed by atoms with van der Waals surface area (Å²) in [6.45, 7) is 3.29. The van der Waals surface area contributed by atoms with E-state index in [1.165, 1.54) is 51.6 Å². The van der Waals surface area contributed by atoms with Crippen molar-refractivity contribution in [1.29, 1.82) is 5.26 Å². The first kappa shape index (κ1) is 22.9. The molecule has 1 unspecified atom stereocenters. The van der Waals surface area contributed by atoms with Crippen LogP contribution in [0.1, 0.15) is 68.7 Å². The highest BCUT2D eigenvalue weighted by Crippen LogP contribution is 2.68. The molecule has 4 fully saturated rings. The zero-order valence-electron chi connectivity index (χ0n) is 20.6. The second-order valence-electron chi connectivity index (χ2n) is 11.0. The zero-order valence-corrected chi connectivity index (χ0v) is 21.4. The molecule has 2 saturated heterocycles. The first-order valence-corrected chi connectivity index (χ1v) is 13.6. The van der Waals surface area contributed by atoms with Crippen molar-refractivity contribution < 1.29 is 0 Å². The van der Waals surface area contributed by atoms with Gasteiger partial charge in [0.15, 0.2) is 5.82 Å². The Hall–Kier alpha value is -3.29. The monoisotopic (exact) mass is 516 g/mol. The number of anilines is 3. The van der Waals surface area contributed by atoms with E-state index < -0.39 is 0 Å². The van der Waals surface area contributed by atoms with Crippen LogP contribution in [0.2, 0.25) is 5.02 Å². The molecule has 7 rings (SSSR count). The van der Waals surface area contributed by atoms with Gasteiger partial charge >= 0.3 is 0 Å². The summed E-state index contributed by atoms with van der Waals surface area (Å²) in [5.74, 6) is 2.21. The summed E-state index contributed by atoms with van der Waals surface area (Å²) in [7, 11) is 0. The molecule has 4 heterocycles. The highest BCUT2D eigenvalue weighted by Gasteiger charge is 2.70. The summed E-state index contributed by atoms with van der Waals surface area (Å²) in [5.41, 5.74) is 2.56. The number of nitriles is 1. The van der Waals surface area contributed by atoms with E-state index in [1.54, 1.807) is 10.9 Å². The van der Waals surface area contributed by atoms with Crippen molar-refractivity contribution in [3.8, 4) is 11.8 Å². The molecule has 2 aromatic heterocycles. The third-order valence-electron chi connectivity index (χ3n) is 8.82. The predicted molar refractivity (Wildman–Crippen MR) is 139 cm³/mol. The van der Waals surface area contributed by atoms with Gasteiger partial charge in [-0.3, -0.25) is 4.90 Å². The first-order chi connectivity index (χ1) is 18.1. The number of aromatic nitrogens is 6. The van der Waals surface area contributed by atoms with Crippen molar-refractivity contribution in [2.24, 2.45) is 5.41 Å². The van der Waals surface area contributed by atoms with E-state index in [4.69, 9.17) is 16.6 Å². The number of nitrogens with zero attached hydrogens (tertiary/aromatic N) is 8. The zero-order chi connectivity index (χ0) is 25.0. The standard InChI is InChI=1S/C26H29ClN10/c27-20-7-6-19(12-21(20)37-23(17-4-5-17)33-34-35-37)31-24-29-14-18(13-28)22(32-24)30-16-25-8-3-11-36-10-2-1-9-26(25,36)15-25/h6-7,12,14,17H,1-5,8-11,15-16H2,(H2,29,30,31,32)/t25?,26-/m0/s1. The maximum atomic E-state index is 9.71. The smallest absolute Gasteiger partial charge is 0.229 e. The largest absolute Gasteiger partial charge is 0.368 e. The van der Waals surface area contributed by atoms with Gasteiger partial charge in [-0.1, -0.05) is 18.0 Å². The van der Waals surface area contributed by atoms with Gasteiger partial charge in [0.2, 0.25) is 5.95 Å². The second kappa shape index (κ2) is 8.64. The molecular weight excluding hydrogens is 488 g/mol. The number of nitrogens with one attached hydrogen (secondary N) is 2. The molecule has 1 aromatic carbocycles. The van der Waals surface area contributed by atoms with E-state index in [1.807, 2.05) is 18.2 Å². The van der Waals surface area contributed by atoms with Crippen molar-refractivity contribution >= 4 is 29.1 Å². The molecule has 3 aromatic rings. The van der Waals surface area contributed by atoms with Gasteiger partial charge in [-0.25, -0.2) is 4.98 Å². The quantitative estimate of drug-likeness (QED) is 0.470. The lowest BCUT2D eigenvalue weighted by molar-refractivity contribution is 0.0598. The molecule has 4 aliphatic rings. The SMILES string of the molecule is N#Cc1cnc(Nc2ccc(Cl)c(-n3nnnc3C3CC3)c2)nc1NCC12CCCN3CCCC[C@@]31C2. The van der Waals surface area contributed by atoms with Crippen molar-refractivity contribution in [3.05, 3.63) is 40.8 Å². The number of hydrogen-bond donors (Lipinski definition) is 2. The second-order valence-corrected chi connectivity index (χ2v) is 11.4. The van der Waals surface area contributed by atoms with E-state index >= 15 is 0 Å². The maximum absolute atomic E-state index is 9.71. The molecular formula is C26H29ClN10. The van der Waals surface area contributed by atoms with Crippen LogP contribution in [-0.4, -0.2) is 60.2 Å². The Labute approximate surface area is 220 Å². The Kier molecular flexibility index (Phi) is 5.34. The van der Waals surface area contributed by atoms with Crippen LogP contribution in [0.3, 0.4) is 0 Å². The minimum Gasteiger partial charge on any atom is -0.368 e. The molecule has 0 radical (unpaired) electrons. The number of halogens is 1. The molecule has 2 aliphatic heterocycles. The van der Waals surface area contributed by atoms with E-state index in [9.17, 15) is 5.26 Å². The molecule has 2 atom stereocenters. The van der Waals surface area contributed by atoms with Crippen molar-refractivity contribution in [2.45, 2.75) is 62.8 Å². The van der Waals surface area contributed by atoms with Gasteiger partial charge in [-0.2, -0.15) is 14.9 Å². The molecule has 0 amide bonds. The molecule has 2 N–H and O–H groups in total. The Morgan fingerprint density at radius 1 is 1.16 bits per heavy atom. The summed E-state index contributed by atoms with van der Waals surface area (Å²) < 4.78 is 1.71. The summed E-state index contributed by atoms with van der Waals surface area (Å²) in [4.78, 5) is 11.8. The Balaban J connectivity index is 1.11. The van der Waals surface area contributed by atoms with Gasteiger partial charge in [-0.05, 0) is 86.7 Å². The average molecular weight is 517 g/mol. The molecule has 0 bridgehead atoms. The Morgan fingerprint density at radius 2 is 2.05 bits per heavy atom. The third-order valence-corrected chi connectivity index (χ3v) is 9.14. The highest BCUT2D eigenvalue weighted by molar-refractivity contribution is 6.32. The van der Waals surface area contributed by atoms with Gasteiger partial charge in [0.1, 0.15) is 17.5 Å². The summed E-state index contributed by atoms with van der Waals surface area (Å²) in [5, 5.41) is 29.3. The minimum atomic E-state index is 0.285. The molecule has 190 valence electrons. The maximum Gasteiger partial charge on any atom is 0.229 e. The lowest BCUT2D eigenvalue weighted by atomic mass is 9.83. The molecule has 37 heavy (non-hydrogen) atoms. The van der Waals surface area contributed by atoms with E-state index in [2.05, 4.69) is 42.1 Å². The molecule has 2 saturated carbocycles. The molecule has 11 heteroatoms. The fourth-order valence-corrected chi connectivity index (χ4v) is 6.93. The number of tetrazole rings is 1. The van der Waals surface area contributed by atoms with Crippen LogP contribution in [0.5, 0.6) is 0 Å². The van der Waals surface area contributed by atoms with Gasteiger partial charge in [0, 0.05) is 29.1 Å². The minimum absolute atomic E-state index is 0.285. The Bertz CT molecular complexity index is 1390. The topological polar surface area (TPSA) is 120 Å². The number of hydrogen-bond acceptors (Lipinski definition) is 9. The third kappa shape index (κ3) is 3.83. The van der Waals surface area contributed by atoms with Gasteiger partial charge < -0.3 is 10.6 Å². The van der Waals surface area contributed by atoms with Crippen LogP contribution in [0, 0.1) is 16.7 Å². The van der Waals surface area contributed by atoms with Crippen molar-refractivity contribution in [3.63, 3.8) is 0 Å². The van der Waals surface area contributed by atoms with Gasteiger partial charge in [0.25, 0.3) is 0 Å². The normalized spacial score (nSPS) is 26.6. The molecule has 1 spiro atoms. The van der Waals surface area contributed by atoms with Crippen LogP contribution in [-0.2, 0) is 0 Å². The van der Waals surface area contributed by atoms with Gasteiger partial charge in [-0.15, -0.1) is 5.10 Å². The lowest BCUT2D eigenvalue weighted by Crippen LogP contribution is -2.50. The molecule has 2 aliphatic carbocycles. The fraction of sp³-hybridized carbons (Fsp3) is 0.538. The van der Waals surface area contributed by atoms with Crippen molar-refractivity contribution in [1.82, 2.24) is 35.1 Å². The fourth-order valence-electron chi connectivity index (χ4n) is 6.73. The average Bonchev–Trinajstić information content (AvgIpc) is 3.82. The predicted octanol–water partition coefficient (Wildman–Crippen LogP) is 4.42. The Morgan fingerprint density at radius 3 is 2.92 bits per heavy atom. The van der Waals surface area contributed by atoms with Crippen molar-refractivity contribution in [2.75, 3.05) is 30.3 Å². The summed E-state index contributed by atoms with van der Waals surface area (Å²) >= 11 is 6.51. The van der Waals surface area contributed by atoms with E-state index in [0.717, 1.165) is 30.9 Å². The highest BCUT2D eigenvalue weighted by atomic mass is 35.5. The van der Waals surface area contributed by atoms with E-state index in [0.29, 0.717) is 39.5 Å².